The van der Waals surface area contributed by atoms with Gasteiger partial charge in [0, 0.05) is 16.3 Å². The predicted molar refractivity (Wildman–Crippen MR) is 75.5 cm³/mol. The minimum atomic E-state index is 0.451. The molecule has 0 saturated heterocycles. The lowest BCUT2D eigenvalue weighted by molar-refractivity contribution is 0.308. The first-order valence-electron chi connectivity index (χ1n) is 7.15. The Labute approximate surface area is 112 Å². The third-order valence-corrected chi connectivity index (χ3v) is 5.73. The molecule has 0 amide bonds. The van der Waals surface area contributed by atoms with E-state index in [-0.39, 0.29) is 0 Å². The summed E-state index contributed by atoms with van der Waals surface area (Å²) in [5.74, 6) is 0. The van der Waals surface area contributed by atoms with Crippen LogP contribution in [0, 0.1) is 5.41 Å². The highest BCUT2D eigenvalue weighted by Crippen LogP contribution is 2.39. The van der Waals surface area contributed by atoms with Gasteiger partial charge in [-0.3, -0.25) is 4.40 Å². The van der Waals surface area contributed by atoms with Gasteiger partial charge in [-0.05, 0) is 50.4 Å². The molecule has 0 fully saturated rings. The Bertz CT molecular complexity index is 618. The van der Waals surface area contributed by atoms with Gasteiger partial charge in [-0.15, -0.1) is 11.3 Å². The van der Waals surface area contributed by atoms with Crippen LogP contribution in [0.3, 0.4) is 0 Å². The third-order valence-electron chi connectivity index (χ3n) is 4.58. The highest BCUT2D eigenvalue weighted by atomic mass is 32.1. The van der Waals surface area contributed by atoms with Crippen molar-refractivity contribution in [3.05, 3.63) is 22.0 Å². The Morgan fingerprint density at radius 2 is 1.94 bits per heavy atom. The van der Waals surface area contributed by atoms with E-state index in [1.165, 1.54) is 61.3 Å². The van der Waals surface area contributed by atoms with E-state index in [0.29, 0.717) is 5.41 Å². The van der Waals surface area contributed by atoms with Gasteiger partial charge in [-0.25, -0.2) is 4.98 Å². The zero-order valence-electron chi connectivity index (χ0n) is 11.3. The highest BCUT2D eigenvalue weighted by molar-refractivity contribution is 7.17. The van der Waals surface area contributed by atoms with E-state index in [9.17, 15) is 0 Å². The van der Waals surface area contributed by atoms with E-state index in [0.717, 1.165) is 0 Å². The SMILES string of the molecule is CC1(C)CCc2nc3sc4c(n3c2C1)CCCC4. The summed E-state index contributed by atoms with van der Waals surface area (Å²) in [6, 6.07) is 0. The molecule has 2 aliphatic rings. The molecule has 2 heterocycles. The molecule has 0 spiro atoms. The van der Waals surface area contributed by atoms with Crippen molar-refractivity contribution in [2.45, 2.75) is 58.8 Å². The van der Waals surface area contributed by atoms with E-state index in [2.05, 4.69) is 18.2 Å². The maximum absolute atomic E-state index is 4.91. The van der Waals surface area contributed by atoms with E-state index in [4.69, 9.17) is 4.98 Å². The van der Waals surface area contributed by atoms with E-state index < -0.39 is 0 Å². The van der Waals surface area contributed by atoms with Crippen molar-refractivity contribution in [1.29, 1.82) is 0 Å². The average Bonchev–Trinajstić information content (AvgIpc) is 2.83. The Balaban J connectivity index is 1.94. The molecule has 2 aliphatic carbocycles. The Morgan fingerprint density at radius 1 is 1.11 bits per heavy atom. The van der Waals surface area contributed by atoms with Crippen molar-refractivity contribution < 1.29 is 0 Å². The van der Waals surface area contributed by atoms with Gasteiger partial charge in [-0.1, -0.05) is 13.8 Å². The molecule has 4 rings (SSSR count). The summed E-state index contributed by atoms with van der Waals surface area (Å²) >= 11 is 1.95. The minimum Gasteiger partial charge on any atom is -0.291 e. The zero-order valence-corrected chi connectivity index (χ0v) is 12.1. The van der Waals surface area contributed by atoms with E-state index in [1.807, 2.05) is 11.3 Å². The van der Waals surface area contributed by atoms with Crippen LogP contribution < -0.4 is 0 Å². The third kappa shape index (κ3) is 1.49. The lowest BCUT2D eigenvalue weighted by Crippen LogP contribution is -2.23. The number of fused-ring (bicyclic) bond motifs is 5. The molecule has 2 nitrogen and oxygen atoms in total. The van der Waals surface area contributed by atoms with Crippen molar-refractivity contribution >= 4 is 16.3 Å². The molecule has 0 saturated carbocycles. The molecule has 0 unspecified atom stereocenters. The number of hydrogen-bond acceptors (Lipinski definition) is 2. The number of hydrogen-bond donors (Lipinski definition) is 0. The van der Waals surface area contributed by atoms with E-state index >= 15 is 0 Å². The van der Waals surface area contributed by atoms with E-state index in [1.54, 1.807) is 10.6 Å². The second-order valence-corrected chi connectivity index (χ2v) is 7.71. The number of rotatable bonds is 0. The van der Waals surface area contributed by atoms with Crippen molar-refractivity contribution in [1.82, 2.24) is 9.38 Å². The fourth-order valence-corrected chi connectivity index (χ4v) is 4.76. The lowest BCUT2D eigenvalue weighted by atomic mass is 9.78. The van der Waals surface area contributed by atoms with Crippen LogP contribution in [0.2, 0.25) is 0 Å². The topological polar surface area (TPSA) is 17.3 Å². The molecule has 3 heteroatoms. The summed E-state index contributed by atoms with van der Waals surface area (Å²) in [6.45, 7) is 4.79. The predicted octanol–water partition coefficient (Wildman–Crippen LogP) is 3.79. The fraction of sp³-hybridized carbons (Fsp3) is 0.667. The van der Waals surface area contributed by atoms with Gasteiger partial charge in [0.1, 0.15) is 0 Å². The van der Waals surface area contributed by atoms with Crippen LogP contribution in [-0.2, 0) is 25.7 Å². The molecular formula is C15H20N2S. The molecular weight excluding hydrogens is 240 g/mol. The van der Waals surface area contributed by atoms with Crippen LogP contribution in [0.25, 0.3) is 4.96 Å². The van der Waals surface area contributed by atoms with Crippen LogP contribution in [0.5, 0.6) is 0 Å². The molecule has 96 valence electrons. The van der Waals surface area contributed by atoms with Crippen LogP contribution in [0.1, 0.15) is 55.1 Å². The summed E-state index contributed by atoms with van der Waals surface area (Å²) < 4.78 is 2.52. The normalized spacial score (nSPS) is 21.9. The largest absolute Gasteiger partial charge is 0.291 e. The molecule has 2 aromatic rings. The van der Waals surface area contributed by atoms with Crippen molar-refractivity contribution in [3.63, 3.8) is 0 Å². The van der Waals surface area contributed by atoms with Crippen LogP contribution in [0.15, 0.2) is 0 Å². The smallest absolute Gasteiger partial charge is 0.194 e. The first-order valence-corrected chi connectivity index (χ1v) is 7.96. The average molecular weight is 260 g/mol. The fourth-order valence-electron chi connectivity index (χ4n) is 3.52. The Hall–Kier alpha value is -0.830. The molecule has 2 aromatic heterocycles. The van der Waals surface area contributed by atoms with Gasteiger partial charge < -0.3 is 0 Å². The quantitative estimate of drug-likeness (QED) is 0.704. The highest BCUT2D eigenvalue weighted by Gasteiger charge is 2.31. The molecule has 0 aromatic carbocycles. The Morgan fingerprint density at radius 3 is 2.83 bits per heavy atom. The summed E-state index contributed by atoms with van der Waals surface area (Å²) in [5.41, 5.74) is 4.95. The van der Waals surface area contributed by atoms with Gasteiger partial charge in [0.05, 0.1) is 5.69 Å². The summed E-state index contributed by atoms with van der Waals surface area (Å²) in [6.07, 6.45) is 8.92. The van der Waals surface area contributed by atoms with Crippen molar-refractivity contribution in [2.75, 3.05) is 0 Å². The molecule has 0 radical (unpaired) electrons. The first-order chi connectivity index (χ1) is 8.64. The van der Waals surface area contributed by atoms with Gasteiger partial charge in [-0.2, -0.15) is 0 Å². The minimum absolute atomic E-state index is 0.451. The zero-order chi connectivity index (χ0) is 12.3. The first kappa shape index (κ1) is 11.0. The van der Waals surface area contributed by atoms with Gasteiger partial charge in [0.15, 0.2) is 4.96 Å². The number of aryl methyl sites for hydroxylation is 3. The molecule has 18 heavy (non-hydrogen) atoms. The van der Waals surface area contributed by atoms with Gasteiger partial charge in [0.25, 0.3) is 0 Å². The van der Waals surface area contributed by atoms with Crippen molar-refractivity contribution in [3.8, 4) is 0 Å². The monoisotopic (exact) mass is 260 g/mol. The summed E-state index contributed by atoms with van der Waals surface area (Å²) in [5, 5.41) is 0. The summed E-state index contributed by atoms with van der Waals surface area (Å²) in [4.78, 5) is 7.78. The van der Waals surface area contributed by atoms with Crippen LogP contribution >= 0.6 is 11.3 Å². The van der Waals surface area contributed by atoms with Crippen molar-refractivity contribution in [2.24, 2.45) is 5.41 Å². The van der Waals surface area contributed by atoms with Gasteiger partial charge in [0.2, 0.25) is 0 Å². The second kappa shape index (κ2) is 3.60. The second-order valence-electron chi connectivity index (χ2n) is 6.64. The molecule has 0 atom stereocenters. The number of nitrogens with zero attached hydrogens (tertiary/aromatic N) is 2. The molecule has 0 N–H and O–H groups in total. The number of thiazole rings is 1. The molecule has 0 bridgehead atoms. The maximum atomic E-state index is 4.91. The van der Waals surface area contributed by atoms with Crippen LogP contribution in [0.4, 0.5) is 0 Å². The van der Waals surface area contributed by atoms with Gasteiger partial charge >= 0.3 is 0 Å². The standard InChI is InChI=1S/C15H20N2S/c1-15(2)8-7-10-12(9-15)17-11-5-3-4-6-13(11)18-14(17)16-10/h3-9H2,1-2H3. The lowest BCUT2D eigenvalue weighted by Gasteiger charge is -2.29. The molecule has 0 aliphatic heterocycles. The summed E-state index contributed by atoms with van der Waals surface area (Å²) in [7, 11) is 0. The maximum Gasteiger partial charge on any atom is 0.194 e. The number of aromatic nitrogens is 2. The Kier molecular flexibility index (Phi) is 2.20. The number of imidazole rings is 1. The van der Waals surface area contributed by atoms with Crippen LogP contribution in [-0.4, -0.2) is 9.38 Å².